The van der Waals surface area contributed by atoms with Crippen LogP contribution in [0.2, 0.25) is 5.28 Å². The number of anilines is 1. The van der Waals surface area contributed by atoms with Crippen LogP contribution < -0.4 is 10.6 Å². The molecular formula is C18H31ClN4O4. The Kier molecular flexibility index (Phi) is 8.71. The molecule has 0 aliphatic heterocycles. The number of carbonyl (C=O) groups excluding carboxylic acids is 1. The molecule has 27 heavy (non-hydrogen) atoms. The van der Waals surface area contributed by atoms with Gasteiger partial charge < -0.3 is 24.8 Å². The molecule has 0 fully saturated rings. The number of alkyl carbamates (subject to hydrolysis) is 1. The van der Waals surface area contributed by atoms with E-state index in [0.717, 1.165) is 0 Å². The van der Waals surface area contributed by atoms with Gasteiger partial charge in [0, 0.05) is 26.0 Å². The second-order valence-corrected chi connectivity index (χ2v) is 7.89. The van der Waals surface area contributed by atoms with Crippen molar-refractivity contribution >= 4 is 23.5 Å². The van der Waals surface area contributed by atoms with E-state index in [-0.39, 0.29) is 5.28 Å². The second kappa shape index (κ2) is 10.1. The summed E-state index contributed by atoms with van der Waals surface area (Å²) in [5.74, 6) is 0.484. The van der Waals surface area contributed by atoms with Crippen molar-refractivity contribution in [3.8, 4) is 0 Å². The molecule has 8 nitrogen and oxygen atoms in total. The van der Waals surface area contributed by atoms with Crippen LogP contribution >= 0.6 is 11.6 Å². The van der Waals surface area contributed by atoms with Gasteiger partial charge in [-0.3, -0.25) is 0 Å². The highest BCUT2D eigenvalue weighted by atomic mass is 35.5. The third-order valence-corrected chi connectivity index (χ3v) is 3.39. The predicted octanol–water partition coefficient (Wildman–Crippen LogP) is 3.92. The SMILES string of the molecule is CCOC(OCC)c1cnc(Cl)nc1NC(C)(C)CNC(=O)OC(C)(C)C. The molecule has 0 spiro atoms. The first-order chi connectivity index (χ1) is 12.5. The number of nitrogens with zero attached hydrogens (tertiary/aromatic N) is 2. The van der Waals surface area contributed by atoms with E-state index in [1.807, 2.05) is 48.5 Å². The van der Waals surface area contributed by atoms with E-state index in [4.69, 9.17) is 25.8 Å². The Hall–Kier alpha value is -1.64. The molecule has 1 rings (SSSR count). The van der Waals surface area contributed by atoms with Crippen molar-refractivity contribution in [2.75, 3.05) is 25.1 Å². The van der Waals surface area contributed by atoms with Crippen molar-refractivity contribution in [1.29, 1.82) is 0 Å². The number of nitrogens with one attached hydrogen (secondary N) is 2. The summed E-state index contributed by atoms with van der Waals surface area (Å²) in [7, 11) is 0. The first kappa shape index (κ1) is 23.4. The number of ether oxygens (including phenoxy) is 3. The molecule has 9 heteroatoms. The topological polar surface area (TPSA) is 94.6 Å². The Morgan fingerprint density at radius 1 is 1.19 bits per heavy atom. The van der Waals surface area contributed by atoms with Gasteiger partial charge in [-0.05, 0) is 60.1 Å². The lowest BCUT2D eigenvalue weighted by atomic mass is 10.1. The van der Waals surface area contributed by atoms with Crippen LogP contribution in [0.15, 0.2) is 6.20 Å². The number of halogens is 1. The zero-order chi connectivity index (χ0) is 20.7. The van der Waals surface area contributed by atoms with E-state index in [9.17, 15) is 4.79 Å². The second-order valence-electron chi connectivity index (χ2n) is 7.55. The third kappa shape index (κ3) is 8.73. The number of aromatic nitrogens is 2. The molecule has 0 radical (unpaired) electrons. The van der Waals surface area contributed by atoms with Crippen LogP contribution in [-0.2, 0) is 14.2 Å². The quantitative estimate of drug-likeness (QED) is 0.477. The summed E-state index contributed by atoms with van der Waals surface area (Å²) >= 11 is 5.97. The average molecular weight is 403 g/mol. The van der Waals surface area contributed by atoms with Gasteiger partial charge in [0.15, 0.2) is 6.29 Å². The normalized spacial score (nSPS) is 12.2. The van der Waals surface area contributed by atoms with Crippen LogP contribution in [0.3, 0.4) is 0 Å². The van der Waals surface area contributed by atoms with Crippen LogP contribution in [0.1, 0.15) is 60.3 Å². The maximum absolute atomic E-state index is 11.9. The Morgan fingerprint density at radius 2 is 1.78 bits per heavy atom. The van der Waals surface area contributed by atoms with Gasteiger partial charge in [0.25, 0.3) is 0 Å². The van der Waals surface area contributed by atoms with E-state index < -0.39 is 23.5 Å². The van der Waals surface area contributed by atoms with Crippen LogP contribution in [0.5, 0.6) is 0 Å². The van der Waals surface area contributed by atoms with Gasteiger partial charge in [0.1, 0.15) is 11.4 Å². The molecule has 0 aromatic carbocycles. The fourth-order valence-electron chi connectivity index (χ4n) is 2.14. The maximum Gasteiger partial charge on any atom is 0.407 e. The number of amides is 1. The minimum Gasteiger partial charge on any atom is -0.444 e. The van der Waals surface area contributed by atoms with E-state index in [0.29, 0.717) is 31.1 Å². The number of carbonyl (C=O) groups is 1. The molecule has 0 saturated heterocycles. The van der Waals surface area contributed by atoms with Crippen LogP contribution in [0, 0.1) is 0 Å². The summed E-state index contributed by atoms with van der Waals surface area (Å²) in [6.07, 6.45) is 0.472. The summed E-state index contributed by atoms with van der Waals surface area (Å²) in [5.41, 5.74) is -0.475. The Labute approximate surface area is 166 Å². The first-order valence-corrected chi connectivity index (χ1v) is 9.36. The molecule has 0 aliphatic carbocycles. The van der Waals surface area contributed by atoms with Gasteiger partial charge in [-0.1, -0.05) is 0 Å². The van der Waals surface area contributed by atoms with Gasteiger partial charge in [-0.2, -0.15) is 0 Å². The van der Waals surface area contributed by atoms with Crippen molar-refractivity contribution in [1.82, 2.24) is 15.3 Å². The molecule has 1 aromatic heterocycles. The highest BCUT2D eigenvalue weighted by Crippen LogP contribution is 2.27. The smallest absolute Gasteiger partial charge is 0.407 e. The van der Waals surface area contributed by atoms with Gasteiger partial charge in [0.2, 0.25) is 5.28 Å². The molecule has 0 bridgehead atoms. The van der Waals surface area contributed by atoms with Gasteiger partial charge in [0.05, 0.1) is 11.1 Å². The summed E-state index contributed by atoms with van der Waals surface area (Å²) in [6.45, 7) is 14.3. The van der Waals surface area contributed by atoms with Gasteiger partial charge >= 0.3 is 6.09 Å². The average Bonchev–Trinajstić information content (AvgIpc) is 2.51. The Balaban J connectivity index is 2.91. The Bertz CT molecular complexity index is 614. The van der Waals surface area contributed by atoms with Crippen LogP contribution in [0.25, 0.3) is 0 Å². The van der Waals surface area contributed by atoms with Crippen molar-refractivity contribution < 1.29 is 19.0 Å². The van der Waals surface area contributed by atoms with Crippen molar-refractivity contribution in [3.05, 3.63) is 17.0 Å². The molecule has 0 unspecified atom stereocenters. The van der Waals surface area contributed by atoms with Crippen LogP contribution in [0.4, 0.5) is 10.6 Å². The lowest BCUT2D eigenvalue weighted by molar-refractivity contribution is -0.140. The highest BCUT2D eigenvalue weighted by Gasteiger charge is 2.26. The zero-order valence-corrected chi connectivity index (χ0v) is 17.9. The zero-order valence-electron chi connectivity index (χ0n) is 17.2. The fourth-order valence-corrected chi connectivity index (χ4v) is 2.28. The van der Waals surface area contributed by atoms with E-state index in [1.54, 1.807) is 6.20 Å². The summed E-state index contributed by atoms with van der Waals surface area (Å²) in [6, 6.07) is 0. The minimum atomic E-state index is -0.616. The molecular weight excluding hydrogens is 372 g/mol. The van der Waals surface area contributed by atoms with E-state index in [1.165, 1.54) is 0 Å². The molecule has 2 N–H and O–H groups in total. The Morgan fingerprint density at radius 3 is 2.30 bits per heavy atom. The van der Waals surface area contributed by atoms with E-state index in [2.05, 4.69) is 20.6 Å². The molecule has 0 atom stereocenters. The lowest BCUT2D eigenvalue weighted by Gasteiger charge is -2.30. The fraction of sp³-hybridized carbons (Fsp3) is 0.722. The largest absolute Gasteiger partial charge is 0.444 e. The highest BCUT2D eigenvalue weighted by molar-refractivity contribution is 6.28. The molecule has 1 aromatic rings. The number of hydrogen-bond acceptors (Lipinski definition) is 7. The summed E-state index contributed by atoms with van der Waals surface area (Å²) < 4.78 is 16.5. The molecule has 0 aliphatic rings. The number of hydrogen-bond donors (Lipinski definition) is 2. The van der Waals surface area contributed by atoms with Gasteiger partial charge in [-0.25, -0.2) is 14.8 Å². The predicted molar refractivity (Wildman–Crippen MR) is 105 cm³/mol. The maximum atomic E-state index is 11.9. The molecule has 1 heterocycles. The summed E-state index contributed by atoms with van der Waals surface area (Å²) in [4.78, 5) is 20.2. The minimum absolute atomic E-state index is 0.101. The molecule has 0 saturated carbocycles. The number of rotatable bonds is 9. The molecule has 1 amide bonds. The standard InChI is InChI=1S/C18H31ClN4O4/c1-8-25-14(26-9-2)12-10-20-15(19)22-13(12)23-18(6,7)11-21-16(24)27-17(3,4)5/h10,14H,8-9,11H2,1-7H3,(H,21,24)(H,20,22,23). The monoisotopic (exact) mass is 402 g/mol. The summed E-state index contributed by atoms with van der Waals surface area (Å²) in [5, 5.41) is 6.13. The van der Waals surface area contributed by atoms with E-state index >= 15 is 0 Å². The molecule has 154 valence electrons. The first-order valence-electron chi connectivity index (χ1n) is 8.98. The van der Waals surface area contributed by atoms with Crippen LogP contribution in [-0.4, -0.2) is 47.0 Å². The van der Waals surface area contributed by atoms with Crippen molar-refractivity contribution in [2.24, 2.45) is 0 Å². The van der Waals surface area contributed by atoms with Crippen molar-refractivity contribution in [2.45, 2.75) is 65.9 Å². The van der Waals surface area contributed by atoms with Gasteiger partial charge in [-0.15, -0.1) is 0 Å². The van der Waals surface area contributed by atoms with Crippen molar-refractivity contribution in [3.63, 3.8) is 0 Å². The third-order valence-electron chi connectivity index (χ3n) is 3.21. The lowest BCUT2D eigenvalue weighted by Crippen LogP contribution is -2.46.